The van der Waals surface area contributed by atoms with Crippen LogP contribution in [0.2, 0.25) is 0 Å². The van der Waals surface area contributed by atoms with E-state index in [0.29, 0.717) is 11.8 Å². The number of hydrogen-bond donors (Lipinski definition) is 0. The van der Waals surface area contributed by atoms with Gasteiger partial charge in [0, 0.05) is 4.47 Å². The van der Waals surface area contributed by atoms with Crippen LogP contribution >= 0.6 is 15.9 Å². The fourth-order valence-electron chi connectivity index (χ4n) is 2.34. The van der Waals surface area contributed by atoms with E-state index in [2.05, 4.69) is 37.5 Å². The lowest BCUT2D eigenvalue weighted by Gasteiger charge is -2.07. The fraction of sp³-hybridized carbons (Fsp3) is 0. The second-order valence-corrected chi connectivity index (χ2v) is 5.88. The van der Waals surface area contributed by atoms with Crippen molar-refractivity contribution in [2.75, 3.05) is 0 Å². The third-order valence-electron chi connectivity index (χ3n) is 3.42. The number of halogens is 1. The Balaban J connectivity index is 1.69. The molecule has 112 valence electrons. The molecule has 23 heavy (non-hydrogen) atoms. The predicted molar refractivity (Wildman–Crippen MR) is 90.9 cm³/mol. The van der Waals surface area contributed by atoms with E-state index in [9.17, 15) is 0 Å². The maximum Gasteiger partial charge on any atom is 0.345 e. The van der Waals surface area contributed by atoms with Gasteiger partial charge in [0.15, 0.2) is 0 Å². The Bertz CT molecular complexity index is 969. The van der Waals surface area contributed by atoms with Crippen molar-refractivity contribution in [3.05, 3.63) is 71.2 Å². The van der Waals surface area contributed by atoms with Crippen LogP contribution < -0.4 is 4.74 Å². The summed E-state index contributed by atoms with van der Waals surface area (Å²) in [5.74, 6) is 0.687. The highest BCUT2D eigenvalue weighted by atomic mass is 79.9. The van der Waals surface area contributed by atoms with Gasteiger partial charge in [-0.2, -0.15) is 4.68 Å². The first-order valence-corrected chi connectivity index (χ1v) is 7.80. The molecule has 0 fully saturated rings. The summed E-state index contributed by atoms with van der Waals surface area (Å²) in [4.78, 5) is 0. The fourth-order valence-corrected chi connectivity index (χ4v) is 2.72. The van der Waals surface area contributed by atoms with Crippen LogP contribution in [0.3, 0.4) is 0 Å². The van der Waals surface area contributed by atoms with Crippen molar-refractivity contribution in [3.8, 4) is 17.4 Å². The molecule has 1 heterocycles. The Morgan fingerprint density at radius 2 is 1.65 bits per heavy atom. The zero-order valence-electron chi connectivity index (χ0n) is 11.9. The Kier molecular flexibility index (Phi) is 3.51. The van der Waals surface area contributed by atoms with Crippen LogP contribution in [0, 0.1) is 0 Å². The molecule has 6 heteroatoms. The maximum absolute atomic E-state index is 5.86. The van der Waals surface area contributed by atoms with Crippen LogP contribution in [-0.4, -0.2) is 20.2 Å². The number of fused-ring (bicyclic) bond motifs is 1. The van der Waals surface area contributed by atoms with E-state index < -0.39 is 0 Å². The molecule has 0 atom stereocenters. The Labute approximate surface area is 140 Å². The molecule has 0 aliphatic heterocycles. The van der Waals surface area contributed by atoms with Gasteiger partial charge in [-0.3, -0.25) is 0 Å². The van der Waals surface area contributed by atoms with E-state index in [4.69, 9.17) is 4.74 Å². The molecule has 0 amide bonds. The summed E-state index contributed by atoms with van der Waals surface area (Å²) in [6.45, 7) is 0. The van der Waals surface area contributed by atoms with Crippen molar-refractivity contribution in [1.82, 2.24) is 20.2 Å². The van der Waals surface area contributed by atoms with Crippen LogP contribution in [0.4, 0.5) is 0 Å². The molecule has 5 nitrogen and oxygen atoms in total. The van der Waals surface area contributed by atoms with Crippen molar-refractivity contribution in [2.45, 2.75) is 0 Å². The molecular weight excluding hydrogens is 356 g/mol. The molecule has 0 saturated heterocycles. The lowest BCUT2D eigenvalue weighted by molar-refractivity contribution is 0.428. The molecule has 4 rings (SSSR count). The van der Waals surface area contributed by atoms with Crippen molar-refractivity contribution >= 4 is 26.7 Å². The summed E-state index contributed by atoms with van der Waals surface area (Å²) in [7, 11) is 0. The van der Waals surface area contributed by atoms with Gasteiger partial charge in [0.1, 0.15) is 5.75 Å². The van der Waals surface area contributed by atoms with Gasteiger partial charge in [-0.1, -0.05) is 51.4 Å². The second-order valence-electron chi connectivity index (χ2n) is 4.96. The van der Waals surface area contributed by atoms with Gasteiger partial charge in [0.2, 0.25) is 0 Å². The molecule has 1 aromatic heterocycles. The molecule has 0 N–H and O–H groups in total. The highest BCUT2D eigenvalue weighted by Crippen LogP contribution is 2.27. The molecule has 0 spiro atoms. The summed E-state index contributed by atoms with van der Waals surface area (Å²) in [6, 6.07) is 21.9. The van der Waals surface area contributed by atoms with E-state index in [-0.39, 0.29) is 0 Å². The van der Waals surface area contributed by atoms with E-state index in [1.54, 1.807) is 4.68 Å². The van der Waals surface area contributed by atoms with Crippen LogP contribution in [0.25, 0.3) is 16.5 Å². The molecule has 0 saturated carbocycles. The van der Waals surface area contributed by atoms with E-state index >= 15 is 0 Å². The summed E-state index contributed by atoms with van der Waals surface area (Å²) < 4.78 is 8.47. The highest BCUT2D eigenvalue weighted by Gasteiger charge is 2.10. The van der Waals surface area contributed by atoms with Gasteiger partial charge in [-0.25, -0.2) is 0 Å². The van der Waals surface area contributed by atoms with Gasteiger partial charge in [0.25, 0.3) is 0 Å². The SMILES string of the molecule is Brc1ccc2cc(Oc3nnnn3-c3ccccc3)ccc2c1. The summed E-state index contributed by atoms with van der Waals surface area (Å²) >= 11 is 3.47. The summed E-state index contributed by atoms with van der Waals surface area (Å²) in [5, 5.41) is 13.9. The number of benzene rings is 3. The number of aromatic nitrogens is 4. The molecule has 0 aliphatic rings. The van der Waals surface area contributed by atoms with Gasteiger partial charge in [-0.05, 0) is 57.6 Å². The van der Waals surface area contributed by atoms with Crippen LogP contribution in [0.15, 0.2) is 71.2 Å². The lowest BCUT2D eigenvalue weighted by Crippen LogP contribution is -1.99. The standard InChI is InChI=1S/C17H11BrN4O/c18-14-8-6-13-11-16(9-7-12(13)10-14)23-17-19-20-21-22(17)15-4-2-1-3-5-15/h1-11H. The molecule has 0 bridgehead atoms. The number of rotatable bonds is 3. The quantitative estimate of drug-likeness (QED) is 0.540. The van der Waals surface area contributed by atoms with Crippen LogP contribution in [-0.2, 0) is 0 Å². The van der Waals surface area contributed by atoms with Gasteiger partial charge in [0.05, 0.1) is 5.69 Å². The normalized spacial score (nSPS) is 10.8. The number of ether oxygens (including phenoxy) is 1. The Morgan fingerprint density at radius 1 is 0.870 bits per heavy atom. The number of hydrogen-bond acceptors (Lipinski definition) is 4. The average molecular weight is 367 g/mol. The molecule has 0 aliphatic carbocycles. The second kappa shape index (κ2) is 5.81. The van der Waals surface area contributed by atoms with Crippen LogP contribution in [0.1, 0.15) is 0 Å². The van der Waals surface area contributed by atoms with Crippen molar-refractivity contribution in [1.29, 1.82) is 0 Å². The van der Waals surface area contributed by atoms with Gasteiger partial charge >= 0.3 is 6.01 Å². The van der Waals surface area contributed by atoms with E-state index in [1.165, 1.54) is 0 Å². The van der Waals surface area contributed by atoms with Gasteiger partial charge < -0.3 is 4.74 Å². The third-order valence-corrected chi connectivity index (χ3v) is 3.92. The van der Waals surface area contributed by atoms with E-state index in [0.717, 1.165) is 20.9 Å². The molecule has 3 aromatic carbocycles. The minimum atomic E-state index is 0.327. The Morgan fingerprint density at radius 3 is 2.52 bits per heavy atom. The van der Waals surface area contributed by atoms with E-state index in [1.807, 2.05) is 60.7 Å². The zero-order valence-corrected chi connectivity index (χ0v) is 13.5. The zero-order chi connectivity index (χ0) is 15.6. The molecule has 4 aromatic rings. The van der Waals surface area contributed by atoms with Crippen molar-refractivity contribution in [3.63, 3.8) is 0 Å². The first-order valence-electron chi connectivity index (χ1n) is 7.00. The molecular formula is C17H11BrN4O. The minimum absolute atomic E-state index is 0.327. The van der Waals surface area contributed by atoms with Gasteiger partial charge in [-0.15, -0.1) is 0 Å². The molecule has 0 radical (unpaired) electrons. The Hall–Kier alpha value is -2.73. The minimum Gasteiger partial charge on any atom is -0.423 e. The highest BCUT2D eigenvalue weighted by molar-refractivity contribution is 9.10. The largest absolute Gasteiger partial charge is 0.423 e. The smallest absolute Gasteiger partial charge is 0.345 e. The summed E-state index contributed by atoms with van der Waals surface area (Å²) in [6.07, 6.45) is 0. The summed E-state index contributed by atoms with van der Waals surface area (Å²) in [5.41, 5.74) is 0.845. The first-order chi connectivity index (χ1) is 11.3. The number of nitrogens with zero attached hydrogens (tertiary/aromatic N) is 4. The third kappa shape index (κ3) is 2.80. The number of para-hydroxylation sites is 1. The topological polar surface area (TPSA) is 52.8 Å². The molecule has 0 unspecified atom stereocenters. The number of tetrazole rings is 1. The monoisotopic (exact) mass is 366 g/mol. The first kappa shape index (κ1) is 13.9. The van der Waals surface area contributed by atoms with Crippen molar-refractivity contribution in [2.24, 2.45) is 0 Å². The maximum atomic E-state index is 5.86. The van der Waals surface area contributed by atoms with Crippen molar-refractivity contribution < 1.29 is 4.74 Å². The van der Waals surface area contributed by atoms with Crippen LogP contribution in [0.5, 0.6) is 11.8 Å². The lowest BCUT2D eigenvalue weighted by atomic mass is 10.1. The predicted octanol–water partition coefficient (Wildman–Crippen LogP) is 4.37. The average Bonchev–Trinajstić information content (AvgIpc) is 3.04.